The van der Waals surface area contributed by atoms with E-state index < -0.39 is 17.5 Å². The average molecular weight is 355 g/mol. The van der Waals surface area contributed by atoms with E-state index in [4.69, 9.17) is 0 Å². The molecule has 0 bridgehead atoms. The third-order valence-corrected chi connectivity index (χ3v) is 3.85. The number of rotatable bonds is 1. The Bertz CT molecular complexity index is 553. The summed E-state index contributed by atoms with van der Waals surface area (Å²) in [5.41, 5.74) is -0.444. The molecule has 0 amide bonds. The van der Waals surface area contributed by atoms with Crippen LogP contribution in [0, 0.1) is 27.3 Å². The lowest BCUT2D eigenvalue weighted by Crippen LogP contribution is -1.97. The Labute approximate surface area is 107 Å². The van der Waals surface area contributed by atoms with Crippen LogP contribution in [0.2, 0.25) is 0 Å². The predicted octanol–water partition coefficient (Wildman–Crippen LogP) is 4.14. The smallest absolute Gasteiger partial charge is 0.169 e. The number of benzene rings is 1. The first-order valence-electron chi connectivity index (χ1n) is 4.26. The van der Waals surface area contributed by atoms with Crippen molar-refractivity contribution in [1.29, 1.82) is 0 Å². The Kier molecular flexibility index (Phi) is 3.20. The first-order valence-corrected chi connectivity index (χ1v) is 6.16. The first kappa shape index (κ1) is 11.8. The average Bonchev–Trinajstić information content (AvgIpc) is 2.67. The molecule has 2 rings (SSSR count). The van der Waals surface area contributed by atoms with Crippen LogP contribution in [0.3, 0.4) is 0 Å². The third-order valence-electron chi connectivity index (χ3n) is 2.10. The summed E-state index contributed by atoms with van der Waals surface area (Å²) in [6.07, 6.45) is 1.52. The van der Waals surface area contributed by atoms with Crippen molar-refractivity contribution in [2.45, 2.75) is 6.92 Å². The molecule has 0 unspecified atom stereocenters. The van der Waals surface area contributed by atoms with E-state index in [0.29, 0.717) is 0 Å². The van der Waals surface area contributed by atoms with Gasteiger partial charge in [0.1, 0.15) is 10.8 Å². The van der Waals surface area contributed by atoms with E-state index in [0.717, 1.165) is 8.95 Å². The van der Waals surface area contributed by atoms with Crippen molar-refractivity contribution in [2.24, 2.45) is 0 Å². The van der Waals surface area contributed by atoms with E-state index in [-0.39, 0.29) is 16.1 Å². The molecule has 16 heavy (non-hydrogen) atoms. The van der Waals surface area contributed by atoms with E-state index in [1.165, 1.54) is 24.5 Å². The lowest BCUT2D eigenvalue weighted by Gasteiger charge is -2.04. The lowest BCUT2D eigenvalue weighted by atomic mass is 10.1. The minimum atomic E-state index is -1.15. The Balaban J connectivity index is 2.66. The Morgan fingerprint density at radius 2 is 1.94 bits per heavy atom. The van der Waals surface area contributed by atoms with Crippen LogP contribution in [0.25, 0.3) is 10.6 Å². The number of thiazole rings is 1. The Morgan fingerprint density at radius 3 is 2.50 bits per heavy atom. The number of aromatic nitrogens is 1. The minimum Gasteiger partial charge on any atom is -0.243 e. The van der Waals surface area contributed by atoms with Gasteiger partial charge in [-0.1, -0.05) is 0 Å². The molecule has 0 spiro atoms. The molecule has 0 saturated heterocycles. The topological polar surface area (TPSA) is 12.9 Å². The highest BCUT2D eigenvalue weighted by atomic mass is 127. The monoisotopic (exact) mass is 355 g/mol. The zero-order valence-electron chi connectivity index (χ0n) is 8.02. The van der Waals surface area contributed by atoms with Crippen molar-refractivity contribution < 1.29 is 13.2 Å². The first-order chi connectivity index (χ1) is 7.50. The summed E-state index contributed by atoms with van der Waals surface area (Å²) in [6.45, 7) is 1.20. The summed E-state index contributed by atoms with van der Waals surface area (Å²) in [4.78, 5) is 3.90. The van der Waals surface area contributed by atoms with Gasteiger partial charge in [-0.3, -0.25) is 0 Å². The van der Waals surface area contributed by atoms with Crippen LogP contribution in [0.1, 0.15) is 5.56 Å². The van der Waals surface area contributed by atoms with Gasteiger partial charge in [0.2, 0.25) is 0 Å². The van der Waals surface area contributed by atoms with Gasteiger partial charge in [0.15, 0.2) is 11.6 Å². The van der Waals surface area contributed by atoms with Gasteiger partial charge < -0.3 is 0 Å². The summed E-state index contributed by atoms with van der Waals surface area (Å²) in [7, 11) is 0. The lowest BCUT2D eigenvalue weighted by molar-refractivity contribution is 0.489. The number of hydrogen-bond acceptors (Lipinski definition) is 2. The second-order valence-electron chi connectivity index (χ2n) is 3.13. The second-order valence-corrected chi connectivity index (χ2v) is 6.05. The van der Waals surface area contributed by atoms with Crippen molar-refractivity contribution in [3.05, 3.63) is 38.2 Å². The second kappa shape index (κ2) is 4.33. The van der Waals surface area contributed by atoms with E-state index in [9.17, 15) is 13.2 Å². The van der Waals surface area contributed by atoms with Gasteiger partial charge in [0, 0.05) is 5.56 Å². The van der Waals surface area contributed by atoms with E-state index in [2.05, 4.69) is 4.98 Å². The van der Waals surface area contributed by atoms with Gasteiger partial charge in [0.25, 0.3) is 0 Å². The van der Waals surface area contributed by atoms with E-state index in [1.54, 1.807) is 0 Å². The Morgan fingerprint density at radius 1 is 1.25 bits per heavy atom. The summed E-state index contributed by atoms with van der Waals surface area (Å²) in [5, 5.41) is 0.278. The molecule has 1 aromatic heterocycles. The maximum Gasteiger partial charge on any atom is 0.169 e. The minimum absolute atomic E-state index is 0.131. The Hall–Kier alpha value is -0.630. The summed E-state index contributed by atoms with van der Waals surface area (Å²) in [5.74, 6) is -2.97. The van der Waals surface area contributed by atoms with Gasteiger partial charge >= 0.3 is 0 Å². The molecule has 0 aliphatic carbocycles. The highest BCUT2D eigenvalue weighted by Gasteiger charge is 2.18. The largest absolute Gasteiger partial charge is 0.243 e. The van der Waals surface area contributed by atoms with Crippen LogP contribution in [0.5, 0.6) is 0 Å². The van der Waals surface area contributed by atoms with Gasteiger partial charge in [0.05, 0.1) is 14.6 Å². The normalized spacial score (nSPS) is 10.8. The van der Waals surface area contributed by atoms with Gasteiger partial charge in [-0.05, 0) is 35.6 Å². The van der Waals surface area contributed by atoms with Gasteiger partial charge in [-0.25, -0.2) is 18.2 Å². The van der Waals surface area contributed by atoms with Crippen LogP contribution < -0.4 is 0 Å². The van der Waals surface area contributed by atoms with Crippen molar-refractivity contribution >= 4 is 33.9 Å². The van der Waals surface area contributed by atoms with Crippen LogP contribution >= 0.6 is 33.9 Å². The molecule has 84 valence electrons. The van der Waals surface area contributed by atoms with Crippen molar-refractivity contribution in [1.82, 2.24) is 4.98 Å². The summed E-state index contributed by atoms with van der Waals surface area (Å²) < 4.78 is 41.0. The summed E-state index contributed by atoms with van der Waals surface area (Å²) >= 11 is 3.19. The van der Waals surface area contributed by atoms with Crippen molar-refractivity contribution in [3.8, 4) is 10.6 Å². The van der Waals surface area contributed by atoms with E-state index in [1.807, 2.05) is 22.6 Å². The van der Waals surface area contributed by atoms with Crippen LogP contribution in [0.4, 0.5) is 13.2 Å². The fraction of sp³-hybridized carbons (Fsp3) is 0.100. The molecule has 0 fully saturated rings. The number of hydrogen-bond donors (Lipinski definition) is 0. The maximum atomic E-state index is 13.6. The van der Waals surface area contributed by atoms with Crippen molar-refractivity contribution in [2.75, 3.05) is 0 Å². The molecule has 0 N–H and O–H groups in total. The molecule has 0 saturated carbocycles. The third kappa shape index (κ3) is 1.95. The highest BCUT2D eigenvalue weighted by molar-refractivity contribution is 14.1. The summed E-state index contributed by atoms with van der Waals surface area (Å²) in [6, 6.07) is 0.975. The fourth-order valence-electron chi connectivity index (χ4n) is 1.22. The quantitative estimate of drug-likeness (QED) is 0.554. The predicted molar refractivity (Wildman–Crippen MR) is 64.9 cm³/mol. The zero-order valence-corrected chi connectivity index (χ0v) is 11.0. The highest BCUT2D eigenvalue weighted by Crippen LogP contribution is 2.31. The van der Waals surface area contributed by atoms with Gasteiger partial charge in [-0.2, -0.15) is 0 Å². The molecule has 1 nitrogen and oxygen atoms in total. The molecule has 1 aromatic carbocycles. The van der Waals surface area contributed by atoms with E-state index >= 15 is 0 Å². The van der Waals surface area contributed by atoms with Crippen molar-refractivity contribution in [3.63, 3.8) is 0 Å². The maximum absolute atomic E-state index is 13.6. The fourth-order valence-corrected chi connectivity index (χ4v) is 2.64. The van der Waals surface area contributed by atoms with Crippen LogP contribution in [-0.4, -0.2) is 4.98 Å². The molecule has 2 aromatic rings. The molecule has 0 aliphatic heterocycles. The SMILES string of the molecule is Cc1c(F)cc(-c2ncc(I)s2)c(F)c1F. The van der Waals surface area contributed by atoms with Crippen LogP contribution in [0.15, 0.2) is 12.3 Å². The molecule has 6 heteroatoms. The number of halogens is 4. The number of nitrogens with zero attached hydrogens (tertiary/aromatic N) is 1. The molecule has 1 heterocycles. The molecular weight excluding hydrogens is 350 g/mol. The zero-order chi connectivity index (χ0) is 11.9. The molecule has 0 radical (unpaired) electrons. The van der Waals surface area contributed by atoms with Crippen LogP contribution in [-0.2, 0) is 0 Å². The van der Waals surface area contributed by atoms with Gasteiger partial charge in [-0.15, -0.1) is 11.3 Å². The molecule has 0 atom stereocenters. The standard InChI is InChI=1S/C10H5F3INS/c1-4-6(11)2-5(9(13)8(4)12)10-15-3-7(14)16-10/h2-3H,1H3. The molecular formula is C10H5F3INS. The molecule has 0 aliphatic rings.